The van der Waals surface area contributed by atoms with Gasteiger partial charge in [-0.25, -0.2) is 0 Å². The van der Waals surface area contributed by atoms with Crippen molar-refractivity contribution in [3.8, 4) is 0 Å². The highest BCUT2D eigenvalue weighted by atomic mass is 16.4. The van der Waals surface area contributed by atoms with Gasteiger partial charge in [0.1, 0.15) is 0 Å². The Hall–Kier alpha value is -1.06. The van der Waals surface area contributed by atoms with Crippen LogP contribution in [0.25, 0.3) is 0 Å². The van der Waals surface area contributed by atoms with Crippen LogP contribution in [0.2, 0.25) is 0 Å². The molecule has 0 aromatic carbocycles. The van der Waals surface area contributed by atoms with E-state index in [0.717, 1.165) is 19.3 Å². The van der Waals surface area contributed by atoms with Crippen molar-refractivity contribution in [3.63, 3.8) is 0 Å². The van der Waals surface area contributed by atoms with Gasteiger partial charge in [-0.2, -0.15) is 0 Å². The zero-order chi connectivity index (χ0) is 12.7. The van der Waals surface area contributed by atoms with Gasteiger partial charge in [-0.3, -0.25) is 9.59 Å². The lowest BCUT2D eigenvalue weighted by atomic mass is 9.57. The largest absolute Gasteiger partial charge is 0.481 e. The van der Waals surface area contributed by atoms with E-state index >= 15 is 0 Å². The molecule has 0 saturated heterocycles. The van der Waals surface area contributed by atoms with E-state index in [1.807, 2.05) is 13.8 Å². The van der Waals surface area contributed by atoms with Crippen LogP contribution in [0.4, 0.5) is 0 Å². The van der Waals surface area contributed by atoms with Crippen LogP contribution in [0.15, 0.2) is 0 Å². The Morgan fingerprint density at radius 1 is 1.06 bits per heavy atom. The fourth-order valence-corrected chi connectivity index (χ4v) is 3.10. The standard InChI is InChI=1S/C13H21NO3/c1-9(2)10(15)14-13-6-3-12(4-7-13,5-8-13)11(16)17/h9H,3-8H2,1-2H3,(H,14,15)(H,16,17). The molecule has 0 aromatic heterocycles. The number of hydrogen-bond acceptors (Lipinski definition) is 2. The molecule has 1 amide bonds. The minimum absolute atomic E-state index is 0.00235. The number of fused-ring (bicyclic) bond motifs is 3. The smallest absolute Gasteiger partial charge is 0.309 e. The SMILES string of the molecule is CC(C)C(=O)NC12CCC(C(=O)O)(CC1)CC2. The zero-order valence-corrected chi connectivity index (χ0v) is 10.6. The van der Waals surface area contributed by atoms with Crippen LogP contribution < -0.4 is 5.32 Å². The second-order valence-corrected chi connectivity index (χ2v) is 6.01. The predicted molar refractivity (Wildman–Crippen MR) is 63.5 cm³/mol. The van der Waals surface area contributed by atoms with Crippen LogP contribution in [0, 0.1) is 11.3 Å². The van der Waals surface area contributed by atoms with Crippen molar-refractivity contribution in [1.29, 1.82) is 0 Å². The molecule has 0 aliphatic heterocycles. The van der Waals surface area contributed by atoms with Crippen LogP contribution in [-0.4, -0.2) is 22.5 Å². The second-order valence-electron chi connectivity index (χ2n) is 6.01. The monoisotopic (exact) mass is 239 g/mol. The molecule has 0 aromatic rings. The van der Waals surface area contributed by atoms with Crippen LogP contribution in [0.3, 0.4) is 0 Å². The van der Waals surface area contributed by atoms with Gasteiger partial charge in [0.15, 0.2) is 0 Å². The fraction of sp³-hybridized carbons (Fsp3) is 0.846. The normalized spacial score (nSPS) is 35.9. The molecule has 3 aliphatic rings. The lowest BCUT2D eigenvalue weighted by Gasteiger charge is -2.51. The summed E-state index contributed by atoms with van der Waals surface area (Å²) >= 11 is 0. The molecule has 2 bridgehead atoms. The van der Waals surface area contributed by atoms with Gasteiger partial charge < -0.3 is 10.4 Å². The van der Waals surface area contributed by atoms with E-state index in [9.17, 15) is 14.7 Å². The van der Waals surface area contributed by atoms with Crippen molar-refractivity contribution < 1.29 is 14.7 Å². The van der Waals surface area contributed by atoms with Gasteiger partial charge in [0.25, 0.3) is 0 Å². The van der Waals surface area contributed by atoms with E-state index < -0.39 is 11.4 Å². The topological polar surface area (TPSA) is 66.4 Å². The molecule has 17 heavy (non-hydrogen) atoms. The van der Waals surface area contributed by atoms with E-state index in [1.165, 1.54) is 0 Å². The first-order valence-electron chi connectivity index (χ1n) is 6.45. The molecule has 3 rings (SSSR count). The molecule has 3 aliphatic carbocycles. The highest BCUT2D eigenvalue weighted by Gasteiger charge is 2.53. The maximum Gasteiger partial charge on any atom is 0.309 e. The highest BCUT2D eigenvalue weighted by Crippen LogP contribution is 2.52. The first kappa shape index (κ1) is 12.4. The second kappa shape index (κ2) is 4.00. The maximum atomic E-state index is 11.8. The number of carboxylic acids is 1. The lowest BCUT2D eigenvalue weighted by molar-refractivity contribution is -0.157. The van der Waals surface area contributed by atoms with Crippen LogP contribution >= 0.6 is 0 Å². The highest BCUT2D eigenvalue weighted by molar-refractivity contribution is 5.79. The molecule has 0 unspecified atom stereocenters. The van der Waals surface area contributed by atoms with Crippen LogP contribution in [0.1, 0.15) is 52.4 Å². The Morgan fingerprint density at radius 2 is 1.53 bits per heavy atom. The number of rotatable bonds is 3. The van der Waals surface area contributed by atoms with Gasteiger partial charge in [0.2, 0.25) is 5.91 Å². The molecule has 3 fully saturated rings. The molecule has 3 saturated carbocycles. The Kier molecular flexibility index (Phi) is 2.92. The molecule has 4 heteroatoms. The summed E-state index contributed by atoms with van der Waals surface area (Å²) in [4.78, 5) is 23.1. The Balaban J connectivity index is 2.04. The Morgan fingerprint density at radius 3 is 1.88 bits per heavy atom. The third kappa shape index (κ3) is 2.05. The number of amides is 1. The van der Waals surface area contributed by atoms with E-state index in [0.29, 0.717) is 19.3 Å². The number of carbonyl (C=O) groups excluding carboxylic acids is 1. The summed E-state index contributed by atoms with van der Waals surface area (Å²) in [5, 5.41) is 12.4. The summed E-state index contributed by atoms with van der Waals surface area (Å²) in [6, 6.07) is 0. The van der Waals surface area contributed by atoms with Gasteiger partial charge in [-0.1, -0.05) is 13.8 Å². The van der Waals surface area contributed by atoms with Crippen LogP contribution in [-0.2, 0) is 9.59 Å². The summed E-state index contributed by atoms with van der Waals surface area (Å²) in [5.74, 6) is -0.562. The van der Waals surface area contributed by atoms with Gasteiger partial charge in [-0.05, 0) is 38.5 Å². The Bertz CT molecular complexity index is 324. The third-order valence-corrected chi connectivity index (χ3v) is 4.61. The number of carbonyl (C=O) groups is 2. The van der Waals surface area contributed by atoms with Gasteiger partial charge >= 0.3 is 5.97 Å². The molecule has 0 heterocycles. The van der Waals surface area contributed by atoms with E-state index in [4.69, 9.17) is 0 Å². The van der Waals surface area contributed by atoms with Crippen molar-refractivity contribution >= 4 is 11.9 Å². The zero-order valence-electron chi connectivity index (χ0n) is 10.6. The molecule has 96 valence electrons. The van der Waals surface area contributed by atoms with Gasteiger partial charge in [0.05, 0.1) is 5.41 Å². The van der Waals surface area contributed by atoms with Gasteiger partial charge in [0, 0.05) is 11.5 Å². The molecule has 0 atom stereocenters. The number of carboxylic acid groups (broad SMARTS) is 1. The van der Waals surface area contributed by atoms with Crippen molar-refractivity contribution in [2.75, 3.05) is 0 Å². The van der Waals surface area contributed by atoms with E-state index in [2.05, 4.69) is 5.32 Å². The average molecular weight is 239 g/mol. The van der Waals surface area contributed by atoms with Crippen molar-refractivity contribution in [3.05, 3.63) is 0 Å². The van der Waals surface area contributed by atoms with Crippen molar-refractivity contribution in [2.45, 2.75) is 57.9 Å². The minimum atomic E-state index is -0.652. The molecule has 2 N–H and O–H groups in total. The molecule has 0 spiro atoms. The van der Waals surface area contributed by atoms with Crippen molar-refractivity contribution in [1.82, 2.24) is 5.32 Å². The van der Waals surface area contributed by atoms with E-state index in [1.54, 1.807) is 0 Å². The first-order chi connectivity index (χ1) is 7.89. The number of hydrogen-bond donors (Lipinski definition) is 2. The summed E-state index contributed by atoms with van der Waals surface area (Å²) < 4.78 is 0. The average Bonchev–Trinajstić information content (AvgIpc) is 2.30. The molecular weight excluding hydrogens is 218 g/mol. The number of nitrogens with one attached hydrogen (secondary N) is 1. The third-order valence-electron chi connectivity index (χ3n) is 4.61. The summed E-state index contributed by atoms with van der Waals surface area (Å²) in [7, 11) is 0. The summed E-state index contributed by atoms with van der Waals surface area (Å²) in [5.41, 5.74) is -0.608. The number of aliphatic carboxylic acids is 1. The fourth-order valence-electron chi connectivity index (χ4n) is 3.10. The van der Waals surface area contributed by atoms with Crippen LogP contribution in [0.5, 0.6) is 0 Å². The molecule has 4 nitrogen and oxygen atoms in total. The van der Waals surface area contributed by atoms with Gasteiger partial charge in [-0.15, -0.1) is 0 Å². The predicted octanol–water partition coefficient (Wildman–Crippen LogP) is 1.94. The summed E-state index contributed by atoms with van der Waals surface area (Å²) in [6.45, 7) is 3.78. The van der Waals surface area contributed by atoms with Crippen molar-refractivity contribution in [2.24, 2.45) is 11.3 Å². The minimum Gasteiger partial charge on any atom is -0.481 e. The molecular formula is C13H21NO3. The quantitative estimate of drug-likeness (QED) is 0.791. The molecule has 0 radical (unpaired) electrons. The lowest BCUT2D eigenvalue weighted by Crippen LogP contribution is -2.58. The Labute approximate surface area is 102 Å². The van der Waals surface area contributed by atoms with E-state index in [-0.39, 0.29) is 17.4 Å². The summed E-state index contributed by atoms with van der Waals surface area (Å²) in [6.07, 6.45) is 4.58. The first-order valence-corrected chi connectivity index (χ1v) is 6.45. The maximum absolute atomic E-state index is 11.8.